The molecule has 94 valence electrons. The SMILES string of the molecule is Cn1ccc(CNC(=O)c2cc(Br)ccc2Cl)c1. The van der Waals surface area contributed by atoms with Gasteiger partial charge in [0.05, 0.1) is 10.6 Å². The molecule has 2 rings (SSSR count). The second-order valence-electron chi connectivity index (χ2n) is 3.99. The van der Waals surface area contributed by atoms with Gasteiger partial charge in [-0.1, -0.05) is 27.5 Å². The average Bonchev–Trinajstić information content (AvgIpc) is 2.75. The van der Waals surface area contributed by atoms with E-state index in [0.717, 1.165) is 10.0 Å². The van der Waals surface area contributed by atoms with Crippen molar-refractivity contribution in [2.45, 2.75) is 6.54 Å². The number of carbonyl (C=O) groups is 1. The molecule has 2 aromatic rings. The Balaban J connectivity index is 2.05. The summed E-state index contributed by atoms with van der Waals surface area (Å²) in [5, 5.41) is 3.29. The lowest BCUT2D eigenvalue weighted by Gasteiger charge is -2.06. The van der Waals surface area contributed by atoms with E-state index in [4.69, 9.17) is 11.6 Å². The molecule has 0 radical (unpaired) electrons. The van der Waals surface area contributed by atoms with E-state index in [1.54, 1.807) is 18.2 Å². The molecule has 0 fully saturated rings. The predicted octanol–water partition coefficient (Wildman–Crippen LogP) is 3.37. The molecule has 1 amide bonds. The van der Waals surface area contributed by atoms with Crippen LogP contribution in [0.2, 0.25) is 5.02 Å². The number of hydrogen-bond donors (Lipinski definition) is 1. The normalized spacial score (nSPS) is 10.4. The minimum atomic E-state index is -0.176. The smallest absolute Gasteiger partial charge is 0.253 e. The number of hydrogen-bond acceptors (Lipinski definition) is 1. The topological polar surface area (TPSA) is 34.0 Å². The van der Waals surface area contributed by atoms with Crippen LogP contribution < -0.4 is 5.32 Å². The molecule has 0 aliphatic heterocycles. The highest BCUT2D eigenvalue weighted by Gasteiger charge is 2.10. The van der Waals surface area contributed by atoms with Gasteiger partial charge >= 0.3 is 0 Å². The molecular weight excluding hydrogens is 316 g/mol. The number of carbonyl (C=O) groups excluding carboxylic acids is 1. The van der Waals surface area contributed by atoms with E-state index in [2.05, 4.69) is 21.2 Å². The lowest BCUT2D eigenvalue weighted by molar-refractivity contribution is 0.0951. The lowest BCUT2D eigenvalue weighted by Crippen LogP contribution is -2.22. The zero-order valence-corrected chi connectivity index (χ0v) is 12.1. The maximum atomic E-state index is 12.0. The highest BCUT2D eigenvalue weighted by atomic mass is 79.9. The molecule has 0 aliphatic carbocycles. The van der Waals surface area contributed by atoms with Crippen molar-refractivity contribution in [3.63, 3.8) is 0 Å². The Morgan fingerprint density at radius 3 is 2.89 bits per heavy atom. The van der Waals surface area contributed by atoms with E-state index < -0.39 is 0 Å². The van der Waals surface area contributed by atoms with Crippen LogP contribution >= 0.6 is 27.5 Å². The van der Waals surface area contributed by atoms with Crippen LogP contribution in [0.25, 0.3) is 0 Å². The number of aromatic nitrogens is 1. The monoisotopic (exact) mass is 326 g/mol. The Morgan fingerprint density at radius 2 is 2.22 bits per heavy atom. The highest BCUT2D eigenvalue weighted by Crippen LogP contribution is 2.20. The summed E-state index contributed by atoms with van der Waals surface area (Å²) in [6.45, 7) is 0.489. The fourth-order valence-corrected chi connectivity index (χ4v) is 2.18. The molecule has 5 heteroatoms. The van der Waals surface area contributed by atoms with Gasteiger partial charge in [0, 0.05) is 30.5 Å². The molecule has 0 unspecified atom stereocenters. The van der Waals surface area contributed by atoms with Gasteiger partial charge in [-0.15, -0.1) is 0 Å². The minimum absolute atomic E-state index is 0.176. The average molecular weight is 328 g/mol. The van der Waals surface area contributed by atoms with E-state index in [0.29, 0.717) is 17.1 Å². The number of nitrogens with zero attached hydrogens (tertiary/aromatic N) is 1. The molecule has 0 aliphatic rings. The zero-order chi connectivity index (χ0) is 13.1. The van der Waals surface area contributed by atoms with Crippen molar-refractivity contribution in [3.05, 3.63) is 57.3 Å². The van der Waals surface area contributed by atoms with Crippen molar-refractivity contribution in [2.24, 2.45) is 7.05 Å². The van der Waals surface area contributed by atoms with Gasteiger partial charge in [0.25, 0.3) is 5.91 Å². The molecule has 0 saturated heterocycles. The first-order valence-corrected chi connectivity index (χ1v) is 6.57. The second-order valence-corrected chi connectivity index (χ2v) is 5.31. The van der Waals surface area contributed by atoms with Crippen LogP contribution in [-0.4, -0.2) is 10.5 Å². The molecule has 1 heterocycles. The van der Waals surface area contributed by atoms with Crippen LogP contribution in [0.5, 0.6) is 0 Å². The van der Waals surface area contributed by atoms with Gasteiger partial charge in [-0.05, 0) is 29.8 Å². The summed E-state index contributed by atoms with van der Waals surface area (Å²) in [5.74, 6) is -0.176. The number of benzene rings is 1. The van der Waals surface area contributed by atoms with Crippen LogP contribution in [-0.2, 0) is 13.6 Å². The summed E-state index contributed by atoms with van der Waals surface area (Å²) in [4.78, 5) is 12.0. The highest BCUT2D eigenvalue weighted by molar-refractivity contribution is 9.10. The number of aryl methyl sites for hydroxylation is 1. The molecule has 1 aromatic carbocycles. The van der Waals surface area contributed by atoms with Crippen molar-refractivity contribution < 1.29 is 4.79 Å². The fourth-order valence-electron chi connectivity index (χ4n) is 1.61. The van der Waals surface area contributed by atoms with Crippen molar-refractivity contribution in [1.82, 2.24) is 9.88 Å². The minimum Gasteiger partial charge on any atom is -0.357 e. The first-order valence-electron chi connectivity index (χ1n) is 5.40. The Morgan fingerprint density at radius 1 is 1.44 bits per heavy atom. The number of rotatable bonds is 3. The Hall–Kier alpha value is -1.26. The standard InChI is InChI=1S/C13H12BrClN2O/c1-17-5-4-9(8-17)7-16-13(18)11-6-10(14)2-3-12(11)15/h2-6,8H,7H2,1H3,(H,16,18). The molecule has 3 nitrogen and oxygen atoms in total. The zero-order valence-electron chi connectivity index (χ0n) is 9.78. The van der Waals surface area contributed by atoms with Crippen molar-refractivity contribution >= 4 is 33.4 Å². The number of halogens is 2. The van der Waals surface area contributed by atoms with Crippen molar-refractivity contribution in [3.8, 4) is 0 Å². The quantitative estimate of drug-likeness (QED) is 0.921. The second kappa shape index (κ2) is 5.59. The van der Waals surface area contributed by atoms with Gasteiger partial charge in [0.2, 0.25) is 0 Å². The third-order valence-corrected chi connectivity index (χ3v) is 3.34. The van der Waals surface area contributed by atoms with Gasteiger partial charge in [-0.2, -0.15) is 0 Å². The van der Waals surface area contributed by atoms with E-state index in [-0.39, 0.29) is 5.91 Å². The summed E-state index contributed by atoms with van der Waals surface area (Å²) >= 11 is 9.31. The molecule has 1 N–H and O–H groups in total. The largest absolute Gasteiger partial charge is 0.357 e. The van der Waals surface area contributed by atoms with E-state index in [1.165, 1.54) is 0 Å². The predicted molar refractivity (Wildman–Crippen MR) is 75.7 cm³/mol. The van der Waals surface area contributed by atoms with Gasteiger partial charge in [0.15, 0.2) is 0 Å². The molecule has 18 heavy (non-hydrogen) atoms. The van der Waals surface area contributed by atoms with Crippen molar-refractivity contribution in [2.75, 3.05) is 0 Å². The molecular formula is C13H12BrClN2O. The third-order valence-electron chi connectivity index (χ3n) is 2.52. The van der Waals surface area contributed by atoms with Crippen LogP contribution in [0.4, 0.5) is 0 Å². The number of nitrogens with one attached hydrogen (secondary N) is 1. The summed E-state index contributed by atoms with van der Waals surface area (Å²) in [5.41, 5.74) is 1.53. The molecule has 0 saturated carbocycles. The summed E-state index contributed by atoms with van der Waals surface area (Å²) in [6.07, 6.45) is 3.90. The van der Waals surface area contributed by atoms with Gasteiger partial charge < -0.3 is 9.88 Å². The van der Waals surface area contributed by atoms with Crippen LogP contribution in [0.15, 0.2) is 41.1 Å². The fraction of sp³-hybridized carbons (Fsp3) is 0.154. The first kappa shape index (κ1) is 13.2. The molecule has 0 bridgehead atoms. The van der Waals surface area contributed by atoms with Gasteiger partial charge in [-0.3, -0.25) is 4.79 Å². The molecule has 0 spiro atoms. The lowest BCUT2D eigenvalue weighted by atomic mass is 10.2. The van der Waals surface area contributed by atoms with E-state index in [9.17, 15) is 4.79 Å². The first-order chi connectivity index (χ1) is 8.56. The number of amides is 1. The third kappa shape index (κ3) is 3.15. The maximum absolute atomic E-state index is 12.0. The van der Waals surface area contributed by atoms with Gasteiger partial charge in [-0.25, -0.2) is 0 Å². The van der Waals surface area contributed by atoms with Crippen LogP contribution in [0, 0.1) is 0 Å². The Bertz CT molecular complexity index is 580. The van der Waals surface area contributed by atoms with E-state index in [1.807, 2.05) is 30.1 Å². The maximum Gasteiger partial charge on any atom is 0.253 e. The Kier molecular flexibility index (Phi) is 4.09. The van der Waals surface area contributed by atoms with Crippen LogP contribution in [0.1, 0.15) is 15.9 Å². The van der Waals surface area contributed by atoms with Gasteiger partial charge in [0.1, 0.15) is 0 Å². The van der Waals surface area contributed by atoms with Crippen LogP contribution in [0.3, 0.4) is 0 Å². The van der Waals surface area contributed by atoms with E-state index >= 15 is 0 Å². The molecule has 1 aromatic heterocycles. The summed E-state index contributed by atoms with van der Waals surface area (Å²) < 4.78 is 2.77. The van der Waals surface area contributed by atoms with Crippen molar-refractivity contribution in [1.29, 1.82) is 0 Å². The Labute approximate surface area is 119 Å². The molecule has 0 atom stereocenters. The summed E-state index contributed by atoms with van der Waals surface area (Å²) in [7, 11) is 1.94. The summed E-state index contributed by atoms with van der Waals surface area (Å²) in [6, 6.07) is 7.17.